The summed E-state index contributed by atoms with van der Waals surface area (Å²) in [5, 5.41) is 9.19. The van der Waals surface area contributed by atoms with Gasteiger partial charge in [-0.1, -0.05) is 29.3 Å². The van der Waals surface area contributed by atoms with Gasteiger partial charge in [0.1, 0.15) is 0 Å². The zero-order valence-electron chi connectivity index (χ0n) is 17.8. The van der Waals surface area contributed by atoms with Crippen molar-refractivity contribution in [3.8, 4) is 0 Å². The lowest BCUT2D eigenvalue weighted by molar-refractivity contribution is 0.0951. The van der Waals surface area contributed by atoms with Gasteiger partial charge in [0.15, 0.2) is 0 Å². The van der Waals surface area contributed by atoms with Crippen molar-refractivity contribution >= 4 is 52.2 Å². The van der Waals surface area contributed by atoms with Gasteiger partial charge in [0, 0.05) is 49.1 Å². The molecule has 0 atom stereocenters. The molecule has 1 saturated heterocycles. The second-order valence-electron chi connectivity index (χ2n) is 7.68. The molecule has 3 N–H and O–H groups in total. The SMILES string of the molecule is O=C(Nc1ccc(Cl)c(Cl)c1)Nc1ccc(N2CCCC2)c(C(=O)NCc2cccnc2)c1. The molecule has 4 rings (SSSR count). The van der Waals surface area contributed by atoms with Crippen molar-refractivity contribution in [1.29, 1.82) is 0 Å². The Labute approximate surface area is 202 Å². The minimum absolute atomic E-state index is 0.214. The molecular weight excluding hydrogens is 461 g/mol. The van der Waals surface area contributed by atoms with E-state index in [9.17, 15) is 9.59 Å². The van der Waals surface area contributed by atoms with E-state index in [-0.39, 0.29) is 5.91 Å². The Hall–Kier alpha value is -3.29. The molecule has 2 heterocycles. The summed E-state index contributed by atoms with van der Waals surface area (Å²) in [6.45, 7) is 2.16. The first kappa shape index (κ1) is 22.9. The monoisotopic (exact) mass is 483 g/mol. The van der Waals surface area contributed by atoms with Crippen LogP contribution in [0.5, 0.6) is 0 Å². The van der Waals surface area contributed by atoms with Gasteiger partial charge < -0.3 is 20.9 Å². The standard InChI is InChI=1S/C24H23Cl2N5O2/c25-20-7-5-18(13-21(20)26)30-24(33)29-17-6-8-22(31-10-1-2-11-31)19(12-17)23(32)28-15-16-4-3-9-27-14-16/h3-9,12-14H,1-2,10-11,15H2,(H,28,32)(H2,29,30,33). The van der Waals surface area contributed by atoms with E-state index in [1.807, 2.05) is 18.2 Å². The molecule has 0 bridgehead atoms. The Balaban J connectivity index is 1.50. The average Bonchev–Trinajstić information content (AvgIpc) is 3.35. The van der Waals surface area contributed by atoms with E-state index in [1.54, 1.807) is 42.7 Å². The molecule has 0 spiro atoms. The summed E-state index contributed by atoms with van der Waals surface area (Å²) in [7, 11) is 0. The highest BCUT2D eigenvalue weighted by Crippen LogP contribution is 2.28. The lowest BCUT2D eigenvalue weighted by Gasteiger charge is -2.22. The van der Waals surface area contributed by atoms with Gasteiger partial charge >= 0.3 is 6.03 Å². The van der Waals surface area contributed by atoms with Crippen molar-refractivity contribution in [1.82, 2.24) is 10.3 Å². The van der Waals surface area contributed by atoms with Crippen molar-refractivity contribution in [2.45, 2.75) is 19.4 Å². The molecule has 1 fully saturated rings. The molecule has 170 valence electrons. The maximum atomic E-state index is 13.1. The number of benzene rings is 2. The van der Waals surface area contributed by atoms with E-state index in [0.29, 0.717) is 33.5 Å². The van der Waals surface area contributed by atoms with Crippen LogP contribution >= 0.6 is 23.2 Å². The first-order valence-electron chi connectivity index (χ1n) is 10.6. The van der Waals surface area contributed by atoms with Crippen LogP contribution in [0.15, 0.2) is 60.9 Å². The van der Waals surface area contributed by atoms with Crippen LogP contribution in [0.3, 0.4) is 0 Å². The fraction of sp³-hybridized carbons (Fsp3) is 0.208. The van der Waals surface area contributed by atoms with Crippen molar-refractivity contribution in [3.05, 3.63) is 82.1 Å². The topological polar surface area (TPSA) is 86.4 Å². The van der Waals surface area contributed by atoms with Crippen LogP contribution in [0.4, 0.5) is 21.9 Å². The lowest BCUT2D eigenvalue weighted by Crippen LogP contribution is -2.27. The highest BCUT2D eigenvalue weighted by molar-refractivity contribution is 6.42. The van der Waals surface area contributed by atoms with Gasteiger partial charge in [-0.2, -0.15) is 0 Å². The number of nitrogens with one attached hydrogen (secondary N) is 3. The van der Waals surface area contributed by atoms with Gasteiger partial charge in [0.25, 0.3) is 5.91 Å². The molecule has 1 aliphatic heterocycles. The van der Waals surface area contributed by atoms with E-state index in [2.05, 4.69) is 25.8 Å². The first-order chi connectivity index (χ1) is 16.0. The molecule has 0 unspecified atom stereocenters. The first-order valence-corrected chi connectivity index (χ1v) is 11.3. The number of aromatic nitrogens is 1. The summed E-state index contributed by atoms with van der Waals surface area (Å²) in [4.78, 5) is 31.8. The zero-order valence-corrected chi connectivity index (χ0v) is 19.3. The summed E-state index contributed by atoms with van der Waals surface area (Å²) in [5.74, 6) is -0.214. The Morgan fingerprint density at radius 2 is 1.67 bits per heavy atom. The molecule has 33 heavy (non-hydrogen) atoms. The zero-order chi connectivity index (χ0) is 23.2. The number of carbonyl (C=O) groups is 2. The van der Waals surface area contributed by atoms with Gasteiger partial charge in [-0.25, -0.2) is 4.79 Å². The van der Waals surface area contributed by atoms with Crippen LogP contribution in [0, 0.1) is 0 Å². The number of pyridine rings is 1. The van der Waals surface area contributed by atoms with Gasteiger partial charge in [-0.15, -0.1) is 0 Å². The third-order valence-corrected chi connectivity index (χ3v) is 6.04. The van der Waals surface area contributed by atoms with E-state index < -0.39 is 6.03 Å². The minimum Gasteiger partial charge on any atom is -0.371 e. The molecule has 1 aromatic heterocycles. The van der Waals surface area contributed by atoms with E-state index in [4.69, 9.17) is 23.2 Å². The molecule has 0 radical (unpaired) electrons. The second-order valence-corrected chi connectivity index (χ2v) is 8.49. The Kier molecular flexibility index (Phi) is 7.32. The molecule has 1 aliphatic rings. The van der Waals surface area contributed by atoms with Crippen molar-refractivity contribution in [3.63, 3.8) is 0 Å². The Bertz CT molecular complexity index is 1150. The van der Waals surface area contributed by atoms with Gasteiger partial charge in [-0.05, 0) is 60.9 Å². The molecule has 2 aromatic carbocycles. The number of hydrogen-bond donors (Lipinski definition) is 3. The third kappa shape index (κ3) is 5.94. The maximum Gasteiger partial charge on any atom is 0.323 e. The van der Waals surface area contributed by atoms with Crippen LogP contribution in [0.2, 0.25) is 10.0 Å². The molecule has 7 nitrogen and oxygen atoms in total. The Morgan fingerprint density at radius 3 is 2.36 bits per heavy atom. The van der Waals surface area contributed by atoms with E-state index in [0.717, 1.165) is 37.2 Å². The summed E-state index contributed by atoms with van der Waals surface area (Å²) in [5.41, 5.74) is 3.27. The number of nitrogens with zero attached hydrogens (tertiary/aromatic N) is 2. The van der Waals surface area contributed by atoms with E-state index in [1.165, 1.54) is 0 Å². The highest BCUT2D eigenvalue weighted by atomic mass is 35.5. The number of carbonyl (C=O) groups excluding carboxylic acids is 2. The van der Waals surface area contributed by atoms with Crippen LogP contribution in [0.1, 0.15) is 28.8 Å². The van der Waals surface area contributed by atoms with Crippen molar-refractivity contribution in [2.75, 3.05) is 28.6 Å². The largest absolute Gasteiger partial charge is 0.371 e. The van der Waals surface area contributed by atoms with Gasteiger partial charge in [0.05, 0.1) is 15.6 Å². The fourth-order valence-electron chi connectivity index (χ4n) is 3.68. The smallest absolute Gasteiger partial charge is 0.323 e. The van der Waals surface area contributed by atoms with Crippen molar-refractivity contribution < 1.29 is 9.59 Å². The number of anilines is 3. The number of halogens is 2. The second kappa shape index (κ2) is 10.6. The van der Waals surface area contributed by atoms with E-state index >= 15 is 0 Å². The van der Waals surface area contributed by atoms with Crippen LogP contribution < -0.4 is 20.9 Å². The minimum atomic E-state index is -0.455. The lowest BCUT2D eigenvalue weighted by atomic mass is 10.1. The van der Waals surface area contributed by atoms with Crippen LogP contribution in [-0.4, -0.2) is 30.0 Å². The fourth-order valence-corrected chi connectivity index (χ4v) is 3.98. The maximum absolute atomic E-state index is 13.1. The normalized spacial score (nSPS) is 13.0. The predicted octanol–water partition coefficient (Wildman–Crippen LogP) is 5.56. The predicted molar refractivity (Wildman–Crippen MR) is 132 cm³/mol. The highest BCUT2D eigenvalue weighted by Gasteiger charge is 2.20. The summed E-state index contributed by atoms with van der Waals surface area (Å²) in [6.07, 6.45) is 5.58. The third-order valence-electron chi connectivity index (χ3n) is 5.30. The van der Waals surface area contributed by atoms with Crippen LogP contribution in [0.25, 0.3) is 0 Å². The number of amides is 3. The quantitative estimate of drug-likeness (QED) is 0.428. The summed E-state index contributed by atoms with van der Waals surface area (Å²) < 4.78 is 0. The molecule has 9 heteroatoms. The number of hydrogen-bond acceptors (Lipinski definition) is 4. The molecule has 0 aliphatic carbocycles. The average molecular weight is 484 g/mol. The number of urea groups is 1. The Morgan fingerprint density at radius 1 is 0.939 bits per heavy atom. The van der Waals surface area contributed by atoms with Gasteiger partial charge in [-0.3, -0.25) is 9.78 Å². The number of rotatable bonds is 6. The molecular formula is C24H23Cl2N5O2. The molecule has 0 saturated carbocycles. The summed E-state index contributed by atoms with van der Waals surface area (Å²) in [6, 6.07) is 13.5. The summed E-state index contributed by atoms with van der Waals surface area (Å²) >= 11 is 11.9. The van der Waals surface area contributed by atoms with Crippen LogP contribution in [-0.2, 0) is 6.54 Å². The molecule has 3 aromatic rings. The van der Waals surface area contributed by atoms with Gasteiger partial charge in [0.2, 0.25) is 0 Å². The molecule has 3 amide bonds. The van der Waals surface area contributed by atoms with Crippen molar-refractivity contribution in [2.24, 2.45) is 0 Å².